The van der Waals surface area contributed by atoms with Crippen molar-refractivity contribution in [2.75, 3.05) is 0 Å². The molecule has 4 rings (SSSR count). The Hall–Kier alpha value is -2.04. The zero-order valence-electron chi connectivity index (χ0n) is 14.2. The molecule has 2 aromatic carbocycles. The molecule has 0 radical (unpaired) electrons. The van der Waals surface area contributed by atoms with Gasteiger partial charge in [-0.2, -0.15) is 0 Å². The quantitative estimate of drug-likeness (QED) is 0.835. The van der Waals surface area contributed by atoms with Crippen molar-refractivity contribution in [3.05, 3.63) is 58.7 Å². The van der Waals surface area contributed by atoms with Crippen molar-refractivity contribution in [3.63, 3.8) is 0 Å². The summed E-state index contributed by atoms with van der Waals surface area (Å²) >= 11 is 0. The Kier molecular flexibility index (Phi) is 5.07. The fraction of sp³-hybridized carbons (Fsp3) is 0.400. The molecule has 0 fully saturated rings. The van der Waals surface area contributed by atoms with Crippen LogP contribution in [0.5, 0.6) is 11.5 Å². The van der Waals surface area contributed by atoms with Gasteiger partial charge in [0.15, 0.2) is 0 Å². The van der Waals surface area contributed by atoms with Crippen LogP contribution in [0.15, 0.2) is 36.4 Å². The van der Waals surface area contributed by atoms with Gasteiger partial charge in [0, 0.05) is 0 Å². The van der Waals surface area contributed by atoms with Gasteiger partial charge < -0.3 is 19.7 Å². The number of hydrogen-bond donors (Lipinski definition) is 2. The van der Waals surface area contributed by atoms with Gasteiger partial charge in [-0.3, -0.25) is 0 Å². The summed E-state index contributed by atoms with van der Waals surface area (Å²) in [5, 5.41) is 18.5. The molecular formula is C20H24O4. The predicted octanol–water partition coefficient (Wildman–Crippen LogP) is 4.75. The van der Waals surface area contributed by atoms with Gasteiger partial charge in [0.25, 0.3) is 0 Å². The van der Waals surface area contributed by atoms with Gasteiger partial charge in [-0.05, 0) is 59.4 Å². The predicted molar refractivity (Wildman–Crippen MR) is 91.9 cm³/mol. The first-order valence-corrected chi connectivity index (χ1v) is 8.49. The lowest BCUT2D eigenvalue weighted by Crippen LogP contribution is -1.92. The fourth-order valence-corrected chi connectivity index (χ4v) is 3.26. The molecule has 2 aromatic rings. The van der Waals surface area contributed by atoms with Crippen molar-refractivity contribution in [1.82, 2.24) is 0 Å². The molecule has 0 spiro atoms. The van der Waals surface area contributed by atoms with Gasteiger partial charge >= 0.3 is 0 Å². The monoisotopic (exact) mass is 328 g/mol. The van der Waals surface area contributed by atoms with Crippen molar-refractivity contribution in [2.24, 2.45) is 0 Å². The molecule has 4 heteroatoms. The molecule has 2 aliphatic rings. The second-order valence-corrected chi connectivity index (χ2v) is 6.18. The zero-order valence-corrected chi connectivity index (χ0v) is 14.2. The van der Waals surface area contributed by atoms with E-state index >= 15 is 0 Å². The molecule has 0 aromatic heterocycles. The smallest absolute Gasteiger partial charge is 0.115 e. The first-order valence-electron chi connectivity index (χ1n) is 8.49. The Morgan fingerprint density at radius 1 is 0.792 bits per heavy atom. The number of rotatable bonds is 2. The van der Waals surface area contributed by atoms with Crippen molar-refractivity contribution >= 4 is 0 Å². The van der Waals surface area contributed by atoms with Gasteiger partial charge in [-0.25, -0.2) is 0 Å². The third-order valence-corrected chi connectivity index (χ3v) is 4.57. The van der Waals surface area contributed by atoms with E-state index in [4.69, 9.17) is 9.47 Å². The number of fused-ring (bicyclic) bond motifs is 2. The highest BCUT2D eigenvalue weighted by Crippen LogP contribution is 2.35. The SMILES string of the molecule is CCC1OCc2ccc(O)cc21.CCC1OCc2ccc(O)cc21. The molecule has 0 aliphatic carbocycles. The Balaban J connectivity index is 0.000000141. The standard InChI is InChI=1S/2C10H12O2/c2*1-2-10-9-5-8(11)4-3-7(9)6-12-10/h2*3-5,10-11H,2,6H2,1H3. The molecule has 128 valence electrons. The van der Waals surface area contributed by atoms with Crippen LogP contribution in [0.3, 0.4) is 0 Å². The van der Waals surface area contributed by atoms with Crippen LogP contribution in [0.4, 0.5) is 0 Å². The second-order valence-electron chi connectivity index (χ2n) is 6.18. The molecule has 2 aliphatic heterocycles. The number of phenolic OH excluding ortho intramolecular Hbond substituents is 2. The van der Waals surface area contributed by atoms with Gasteiger partial charge in [0.05, 0.1) is 25.4 Å². The minimum atomic E-state index is 0.187. The average Bonchev–Trinajstić information content (AvgIpc) is 3.17. The molecule has 0 saturated heterocycles. The summed E-state index contributed by atoms with van der Waals surface area (Å²) in [7, 11) is 0. The summed E-state index contributed by atoms with van der Waals surface area (Å²) in [6, 6.07) is 10.9. The maximum Gasteiger partial charge on any atom is 0.115 e. The molecule has 2 N–H and O–H groups in total. The van der Waals surface area contributed by atoms with E-state index in [-0.39, 0.29) is 12.2 Å². The Labute approximate surface area is 142 Å². The van der Waals surface area contributed by atoms with Crippen LogP contribution in [0, 0.1) is 0 Å². The number of hydrogen-bond acceptors (Lipinski definition) is 4. The normalized spacial score (nSPS) is 20.9. The average molecular weight is 328 g/mol. The molecule has 2 unspecified atom stereocenters. The molecule has 0 saturated carbocycles. The summed E-state index contributed by atoms with van der Waals surface area (Å²) in [5.74, 6) is 0.662. The lowest BCUT2D eigenvalue weighted by Gasteiger charge is -2.06. The van der Waals surface area contributed by atoms with Gasteiger partial charge in [0.1, 0.15) is 11.5 Å². The van der Waals surface area contributed by atoms with Gasteiger partial charge in [-0.1, -0.05) is 26.0 Å². The second kappa shape index (κ2) is 7.24. The number of phenols is 2. The van der Waals surface area contributed by atoms with Crippen molar-refractivity contribution in [3.8, 4) is 11.5 Å². The first kappa shape index (κ1) is 16.8. The summed E-state index contributed by atoms with van der Waals surface area (Å²) in [5.41, 5.74) is 4.72. The number of ether oxygens (including phenoxy) is 2. The highest BCUT2D eigenvalue weighted by Gasteiger charge is 2.22. The van der Waals surface area contributed by atoms with Crippen molar-refractivity contribution < 1.29 is 19.7 Å². The molecular weight excluding hydrogens is 304 g/mol. The van der Waals surface area contributed by atoms with Crippen molar-refractivity contribution in [1.29, 1.82) is 0 Å². The molecule has 2 atom stereocenters. The van der Waals surface area contributed by atoms with E-state index in [1.165, 1.54) is 11.1 Å². The van der Waals surface area contributed by atoms with Crippen LogP contribution < -0.4 is 0 Å². The van der Waals surface area contributed by atoms with Crippen LogP contribution in [0.25, 0.3) is 0 Å². The topological polar surface area (TPSA) is 58.9 Å². The number of benzene rings is 2. The molecule has 4 nitrogen and oxygen atoms in total. The molecule has 0 bridgehead atoms. The Morgan fingerprint density at radius 3 is 1.58 bits per heavy atom. The zero-order chi connectivity index (χ0) is 17.1. The van der Waals surface area contributed by atoms with Crippen LogP contribution in [0.2, 0.25) is 0 Å². The highest BCUT2D eigenvalue weighted by atomic mass is 16.5. The van der Waals surface area contributed by atoms with Crippen LogP contribution >= 0.6 is 0 Å². The third-order valence-electron chi connectivity index (χ3n) is 4.57. The summed E-state index contributed by atoms with van der Waals surface area (Å²) < 4.78 is 11.0. The first-order chi connectivity index (χ1) is 11.6. The van der Waals surface area contributed by atoms with E-state index in [0.717, 1.165) is 24.0 Å². The maximum absolute atomic E-state index is 9.25. The minimum Gasteiger partial charge on any atom is -0.508 e. The fourth-order valence-electron chi connectivity index (χ4n) is 3.26. The van der Waals surface area contributed by atoms with Crippen LogP contribution in [-0.4, -0.2) is 10.2 Å². The van der Waals surface area contributed by atoms with Gasteiger partial charge in [-0.15, -0.1) is 0 Å². The minimum absolute atomic E-state index is 0.187. The highest BCUT2D eigenvalue weighted by molar-refractivity contribution is 5.38. The van der Waals surface area contributed by atoms with E-state index in [1.807, 2.05) is 12.1 Å². The van der Waals surface area contributed by atoms with E-state index in [0.29, 0.717) is 24.7 Å². The Morgan fingerprint density at radius 2 is 1.21 bits per heavy atom. The maximum atomic E-state index is 9.25. The van der Waals surface area contributed by atoms with Gasteiger partial charge in [0.2, 0.25) is 0 Å². The molecule has 24 heavy (non-hydrogen) atoms. The van der Waals surface area contributed by atoms with E-state index < -0.39 is 0 Å². The lowest BCUT2D eigenvalue weighted by molar-refractivity contribution is 0.0635. The largest absolute Gasteiger partial charge is 0.508 e. The third kappa shape index (κ3) is 3.40. The Bertz CT molecular complexity index is 649. The van der Waals surface area contributed by atoms with Crippen LogP contribution in [-0.2, 0) is 22.7 Å². The van der Waals surface area contributed by atoms with Crippen LogP contribution in [0.1, 0.15) is 61.2 Å². The lowest BCUT2D eigenvalue weighted by atomic mass is 10.0. The van der Waals surface area contributed by atoms with E-state index in [9.17, 15) is 10.2 Å². The molecule has 0 amide bonds. The summed E-state index contributed by atoms with van der Waals surface area (Å²) in [4.78, 5) is 0. The van der Waals surface area contributed by atoms with E-state index in [2.05, 4.69) is 13.8 Å². The molecule has 2 heterocycles. The summed E-state index contributed by atoms with van der Waals surface area (Å²) in [6.45, 7) is 5.55. The van der Waals surface area contributed by atoms with E-state index in [1.54, 1.807) is 24.3 Å². The number of aromatic hydroxyl groups is 2. The van der Waals surface area contributed by atoms with Crippen molar-refractivity contribution in [2.45, 2.75) is 52.1 Å². The summed E-state index contributed by atoms with van der Waals surface area (Å²) in [6.07, 6.45) is 2.31.